The Morgan fingerprint density at radius 2 is 0.677 bits per heavy atom. The third-order valence-electron chi connectivity index (χ3n) is 20.5. The number of fused-ring (bicyclic) bond motifs is 11. The third kappa shape index (κ3) is 9.08. The minimum absolute atomic E-state index is 0.109. The quantitative estimate of drug-likeness (QED) is 0.120. The number of hydrogen-bond donors (Lipinski definition) is 0. The van der Waals surface area contributed by atoms with Crippen molar-refractivity contribution in [3.05, 3.63) is 364 Å². The summed E-state index contributed by atoms with van der Waals surface area (Å²) >= 11 is 1.89. The van der Waals surface area contributed by atoms with E-state index in [1.165, 1.54) is 58.9 Å². The van der Waals surface area contributed by atoms with Gasteiger partial charge in [-0.05, 0) is 185 Å². The molecule has 462 valence electrons. The van der Waals surface area contributed by atoms with Gasteiger partial charge in [0, 0.05) is 106 Å². The smallest absolute Gasteiger partial charge is 0.252 e. The van der Waals surface area contributed by atoms with Crippen molar-refractivity contribution < 1.29 is 0 Å². The molecule has 0 saturated heterocycles. The fraction of sp³-hybridized carbons (Fsp3) is 0. The summed E-state index contributed by atoms with van der Waals surface area (Å²) in [5.74, 6) is 0. The van der Waals surface area contributed by atoms with Crippen LogP contribution >= 0.6 is 11.8 Å². The molecule has 9 heteroatoms. The molecular formula is C90H60B2N6S. The van der Waals surface area contributed by atoms with Crippen LogP contribution in [0.3, 0.4) is 0 Å². The van der Waals surface area contributed by atoms with Gasteiger partial charge in [0.05, 0.1) is 22.4 Å². The van der Waals surface area contributed by atoms with E-state index in [4.69, 9.17) is 0 Å². The maximum absolute atomic E-state index is 2.66. The van der Waals surface area contributed by atoms with E-state index in [1.54, 1.807) is 0 Å². The zero-order valence-electron chi connectivity index (χ0n) is 53.9. The van der Waals surface area contributed by atoms with Crippen LogP contribution in [0.5, 0.6) is 0 Å². The Balaban J connectivity index is 0.909. The lowest BCUT2D eigenvalue weighted by molar-refractivity contribution is 1.18. The Morgan fingerprint density at radius 3 is 1.28 bits per heavy atom. The fourth-order valence-electron chi connectivity index (χ4n) is 16.4. The van der Waals surface area contributed by atoms with Crippen molar-refractivity contribution in [3.8, 4) is 16.8 Å². The molecular weight excluding hydrogens is 1220 g/mol. The Hall–Kier alpha value is -12.4. The zero-order chi connectivity index (χ0) is 65.1. The summed E-state index contributed by atoms with van der Waals surface area (Å²) in [5.41, 5.74) is 29.9. The van der Waals surface area contributed by atoms with Gasteiger partial charge in [-0.2, -0.15) is 0 Å². The highest BCUT2D eigenvalue weighted by Crippen LogP contribution is 2.53. The second-order valence-corrected chi connectivity index (χ2v) is 27.0. The molecule has 0 spiro atoms. The van der Waals surface area contributed by atoms with Crippen LogP contribution in [-0.4, -0.2) is 18.0 Å². The zero-order valence-corrected chi connectivity index (χ0v) is 54.7. The molecule has 16 aromatic rings. The Kier molecular flexibility index (Phi) is 13.3. The SMILES string of the molecule is c1ccc(N(c2ccccc2)c2cc3c4c(c2)N(c2ccccc2)c2cc5c(cc2B4c2ccccc2S3)B2c3ccccc3N(c3ccccc3)c3cc(N(c4ccccc4)c4ccccc4)cc(c32)N5c2ccccc2-c2ccc3c(c2)c2ccccc2n3-c2ccccc2)cc1. The number of rotatable bonds is 11. The molecule has 4 aliphatic heterocycles. The molecule has 0 fully saturated rings. The van der Waals surface area contributed by atoms with Crippen molar-refractivity contribution in [2.75, 3.05) is 24.5 Å². The lowest BCUT2D eigenvalue weighted by atomic mass is 9.30. The van der Waals surface area contributed by atoms with Crippen molar-refractivity contribution >= 4 is 165 Å². The average Bonchev–Trinajstić information content (AvgIpc) is 1.28. The topological polar surface area (TPSA) is 21.1 Å². The predicted octanol–water partition coefficient (Wildman–Crippen LogP) is 20.2. The van der Waals surface area contributed by atoms with Crippen LogP contribution in [0.2, 0.25) is 0 Å². The van der Waals surface area contributed by atoms with Gasteiger partial charge >= 0.3 is 0 Å². The first-order valence-corrected chi connectivity index (χ1v) is 34.9. The van der Waals surface area contributed by atoms with Gasteiger partial charge in [-0.25, -0.2) is 0 Å². The van der Waals surface area contributed by atoms with Crippen LogP contribution in [0.15, 0.2) is 374 Å². The number of anilines is 15. The van der Waals surface area contributed by atoms with Crippen molar-refractivity contribution in [2.45, 2.75) is 9.79 Å². The van der Waals surface area contributed by atoms with Crippen LogP contribution in [0.25, 0.3) is 38.6 Å². The summed E-state index contributed by atoms with van der Waals surface area (Å²) < 4.78 is 2.41. The minimum Gasteiger partial charge on any atom is -0.311 e. The number of benzene rings is 15. The van der Waals surface area contributed by atoms with Gasteiger partial charge in [0.2, 0.25) is 6.71 Å². The summed E-state index contributed by atoms with van der Waals surface area (Å²) in [6, 6.07) is 135. The minimum atomic E-state index is -0.196. The van der Waals surface area contributed by atoms with Gasteiger partial charge in [-0.15, -0.1) is 0 Å². The van der Waals surface area contributed by atoms with Crippen molar-refractivity contribution in [2.24, 2.45) is 0 Å². The van der Waals surface area contributed by atoms with Crippen molar-refractivity contribution in [1.29, 1.82) is 0 Å². The molecule has 4 aliphatic rings. The lowest BCUT2D eigenvalue weighted by Crippen LogP contribution is -2.64. The molecule has 0 unspecified atom stereocenters. The molecule has 0 bridgehead atoms. The normalized spacial score (nSPS) is 12.9. The van der Waals surface area contributed by atoms with Crippen LogP contribution in [0, 0.1) is 0 Å². The largest absolute Gasteiger partial charge is 0.311 e. The Morgan fingerprint density at radius 1 is 0.242 bits per heavy atom. The number of nitrogens with zero attached hydrogens (tertiary/aromatic N) is 6. The Labute approximate surface area is 581 Å². The van der Waals surface area contributed by atoms with Gasteiger partial charge in [-0.1, -0.05) is 230 Å². The number of aromatic nitrogens is 1. The standard InChI is InChI=1S/C90H60B2N6S/c1-8-30-62(31-9-1)93(63-32-10-2-11-33-63)69-55-84-89-85(56-69)98(78-48-26-22-44-71(78)61-52-53-80-73(54-61)72-45-23-27-49-79(72)95(80)66-38-16-5-17-39-66)83-60-82-76(59-77(83)91(89)74-46-24-28-50-81(74)96(84)67-40-18-6-19-41-67)92-75-47-25-29-51-87(75)99-88-58-70(57-86(90(88)92)97(82)68-42-20-7-21-43-68)94(64-34-12-3-13-35-64)65-36-14-4-15-37-65/h1-60H. The Bertz CT molecular complexity index is 5740. The molecule has 99 heavy (non-hydrogen) atoms. The van der Waals surface area contributed by atoms with E-state index in [-0.39, 0.29) is 13.4 Å². The van der Waals surface area contributed by atoms with E-state index >= 15 is 0 Å². The highest BCUT2D eigenvalue weighted by atomic mass is 32.2. The van der Waals surface area contributed by atoms with E-state index in [1.807, 2.05) is 11.8 Å². The van der Waals surface area contributed by atoms with Gasteiger partial charge in [0.1, 0.15) is 0 Å². The van der Waals surface area contributed by atoms with Crippen molar-refractivity contribution in [1.82, 2.24) is 4.57 Å². The number of para-hydroxylation sites is 10. The lowest BCUT2D eigenvalue weighted by Gasteiger charge is -2.47. The summed E-state index contributed by atoms with van der Waals surface area (Å²) in [4.78, 5) is 15.2. The highest BCUT2D eigenvalue weighted by Gasteiger charge is 2.48. The average molecular weight is 1280 g/mol. The molecule has 5 heterocycles. The van der Waals surface area contributed by atoms with Crippen LogP contribution in [-0.2, 0) is 0 Å². The highest BCUT2D eigenvalue weighted by molar-refractivity contribution is 8.00. The van der Waals surface area contributed by atoms with Crippen LogP contribution in [0.4, 0.5) is 85.3 Å². The molecule has 6 nitrogen and oxygen atoms in total. The monoisotopic (exact) mass is 1280 g/mol. The van der Waals surface area contributed by atoms with E-state index in [9.17, 15) is 0 Å². The molecule has 1 aromatic heterocycles. The molecule has 0 aliphatic carbocycles. The van der Waals surface area contributed by atoms with Crippen LogP contribution < -0.4 is 57.3 Å². The van der Waals surface area contributed by atoms with E-state index in [0.717, 1.165) is 108 Å². The number of hydrogen-bond acceptors (Lipinski definition) is 6. The third-order valence-corrected chi connectivity index (χ3v) is 21.6. The maximum atomic E-state index is 2.66. The second-order valence-electron chi connectivity index (χ2n) is 25.9. The molecule has 20 rings (SSSR count). The molecule has 0 radical (unpaired) electrons. The first-order valence-electron chi connectivity index (χ1n) is 34.1. The molecule has 0 amide bonds. The molecule has 15 aromatic carbocycles. The predicted molar refractivity (Wildman–Crippen MR) is 420 cm³/mol. The van der Waals surface area contributed by atoms with E-state index < -0.39 is 0 Å². The van der Waals surface area contributed by atoms with Crippen molar-refractivity contribution in [3.63, 3.8) is 0 Å². The first-order chi connectivity index (χ1) is 49.2. The molecule has 0 N–H and O–H groups in total. The summed E-state index contributed by atoms with van der Waals surface area (Å²) in [7, 11) is 0. The fourth-order valence-corrected chi connectivity index (χ4v) is 17.6. The van der Waals surface area contributed by atoms with E-state index in [0.29, 0.717) is 0 Å². The second kappa shape index (κ2) is 23.2. The van der Waals surface area contributed by atoms with Gasteiger partial charge in [0.15, 0.2) is 0 Å². The summed E-state index contributed by atoms with van der Waals surface area (Å²) in [6.07, 6.45) is 0. The van der Waals surface area contributed by atoms with Crippen LogP contribution in [0.1, 0.15) is 0 Å². The van der Waals surface area contributed by atoms with Gasteiger partial charge in [-0.3, -0.25) is 0 Å². The van der Waals surface area contributed by atoms with Gasteiger partial charge in [0.25, 0.3) is 6.71 Å². The first kappa shape index (κ1) is 56.9. The molecule has 0 atom stereocenters. The van der Waals surface area contributed by atoms with E-state index in [2.05, 4.69) is 393 Å². The maximum Gasteiger partial charge on any atom is 0.252 e. The molecule has 0 saturated carbocycles. The summed E-state index contributed by atoms with van der Waals surface area (Å²) in [6.45, 7) is -0.305. The summed E-state index contributed by atoms with van der Waals surface area (Å²) in [5, 5.41) is 2.41. The van der Waals surface area contributed by atoms with Gasteiger partial charge < -0.3 is 29.1 Å².